The number of nitrogens with zero attached hydrogens (tertiary/aromatic N) is 1. The zero-order chi connectivity index (χ0) is 13.0. The maximum Gasteiger partial charge on any atom is 0.0710 e. The molecule has 0 spiro atoms. The fraction of sp³-hybridized carbons (Fsp3) is 1.00. The lowest BCUT2D eigenvalue weighted by Crippen LogP contribution is -2.42. The second kappa shape index (κ2) is 6.36. The maximum absolute atomic E-state index is 5.47. The normalized spacial score (nSPS) is 28.5. The van der Waals surface area contributed by atoms with Crippen LogP contribution in [0.25, 0.3) is 0 Å². The van der Waals surface area contributed by atoms with Crippen LogP contribution in [0.1, 0.15) is 46.0 Å². The Morgan fingerprint density at radius 2 is 2.11 bits per heavy atom. The monoisotopic (exact) mass is 254 g/mol. The predicted octanol–water partition coefficient (Wildman–Crippen LogP) is 2.27. The molecule has 0 bridgehead atoms. The summed E-state index contributed by atoms with van der Waals surface area (Å²) >= 11 is 0. The van der Waals surface area contributed by atoms with Gasteiger partial charge >= 0.3 is 0 Å². The van der Waals surface area contributed by atoms with Gasteiger partial charge in [0, 0.05) is 39.3 Å². The minimum Gasteiger partial charge on any atom is -0.380 e. The van der Waals surface area contributed by atoms with Crippen molar-refractivity contribution in [1.29, 1.82) is 0 Å². The van der Waals surface area contributed by atoms with Gasteiger partial charge in [-0.1, -0.05) is 20.3 Å². The highest BCUT2D eigenvalue weighted by atomic mass is 16.5. The van der Waals surface area contributed by atoms with Gasteiger partial charge in [0.1, 0.15) is 0 Å². The Hall–Kier alpha value is -0.120. The molecular weight excluding hydrogens is 224 g/mol. The van der Waals surface area contributed by atoms with E-state index in [0.29, 0.717) is 11.5 Å². The Kier molecular flexibility index (Phi) is 5.05. The first-order valence-corrected chi connectivity index (χ1v) is 7.64. The zero-order valence-corrected chi connectivity index (χ0v) is 12.4. The van der Waals surface area contributed by atoms with Crippen molar-refractivity contribution in [3.05, 3.63) is 0 Å². The van der Waals surface area contributed by atoms with E-state index in [0.717, 1.165) is 12.6 Å². The van der Waals surface area contributed by atoms with Crippen molar-refractivity contribution in [2.75, 3.05) is 33.3 Å². The van der Waals surface area contributed by atoms with Crippen molar-refractivity contribution in [1.82, 2.24) is 10.2 Å². The first-order valence-electron chi connectivity index (χ1n) is 7.64. The lowest BCUT2D eigenvalue weighted by Gasteiger charge is -2.34. The van der Waals surface area contributed by atoms with Crippen LogP contribution in [-0.4, -0.2) is 50.3 Å². The highest BCUT2D eigenvalue weighted by Gasteiger charge is 2.32. The molecule has 2 fully saturated rings. The standard InChI is InChI=1S/C15H30N2O/c1-4-8-15(2,11-16-13-5-6-13)12-17-9-7-14(10-17)18-3/h13-14,16H,4-12H2,1-3H3. The molecule has 2 atom stereocenters. The minimum atomic E-state index is 0.431. The van der Waals surface area contributed by atoms with Crippen molar-refractivity contribution in [3.8, 4) is 0 Å². The molecule has 1 saturated heterocycles. The van der Waals surface area contributed by atoms with Crippen LogP contribution in [0.2, 0.25) is 0 Å². The molecule has 1 aliphatic carbocycles. The van der Waals surface area contributed by atoms with Crippen molar-refractivity contribution >= 4 is 0 Å². The van der Waals surface area contributed by atoms with Crippen LogP contribution in [0.15, 0.2) is 0 Å². The van der Waals surface area contributed by atoms with Gasteiger partial charge in [-0.05, 0) is 31.1 Å². The third kappa shape index (κ3) is 4.22. The van der Waals surface area contributed by atoms with Crippen LogP contribution in [-0.2, 0) is 4.74 Å². The molecule has 1 aliphatic heterocycles. The Balaban J connectivity index is 1.79. The molecule has 2 aliphatic rings. The number of hydrogen-bond acceptors (Lipinski definition) is 3. The third-order valence-electron chi connectivity index (χ3n) is 4.42. The van der Waals surface area contributed by atoms with E-state index < -0.39 is 0 Å². The Bertz CT molecular complexity index is 255. The van der Waals surface area contributed by atoms with Gasteiger partial charge in [-0.2, -0.15) is 0 Å². The predicted molar refractivity (Wildman–Crippen MR) is 75.9 cm³/mol. The highest BCUT2D eigenvalue weighted by Crippen LogP contribution is 2.28. The Morgan fingerprint density at radius 1 is 1.33 bits per heavy atom. The van der Waals surface area contributed by atoms with E-state index in [2.05, 4.69) is 24.1 Å². The first-order chi connectivity index (χ1) is 8.65. The Morgan fingerprint density at radius 3 is 2.67 bits per heavy atom. The van der Waals surface area contributed by atoms with Crippen molar-refractivity contribution in [3.63, 3.8) is 0 Å². The smallest absolute Gasteiger partial charge is 0.0710 e. The topological polar surface area (TPSA) is 24.5 Å². The van der Waals surface area contributed by atoms with E-state index in [4.69, 9.17) is 4.74 Å². The molecule has 1 heterocycles. The highest BCUT2D eigenvalue weighted by molar-refractivity contribution is 4.89. The second-order valence-electron chi connectivity index (χ2n) is 6.60. The summed E-state index contributed by atoms with van der Waals surface area (Å²) in [6.45, 7) is 9.49. The molecule has 1 N–H and O–H groups in total. The number of ether oxygens (including phenoxy) is 1. The van der Waals surface area contributed by atoms with Crippen LogP contribution < -0.4 is 5.32 Å². The van der Waals surface area contributed by atoms with Crippen LogP contribution in [0.4, 0.5) is 0 Å². The zero-order valence-electron chi connectivity index (χ0n) is 12.4. The summed E-state index contributed by atoms with van der Waals surface area (Å²) in [4.78, 5) is 2.60. The van der Waals surface area contributed by atoms with Gasteiger partial charge in [0.2, 0.25) is 0 Å². The summed E-state index contributed by atoms with van der Waals surface area (Å²) in [5, 5.41) is 3.72. The van der Waals surface area contributed by atoms with E-state index in [1.807, 2.05) is 7.11 Å². The average Bonchev–Trinajstić information content (AvgIpc) is 3.07. The van der Waals surface area contributed by atoms with Crippen LogP contribution in [0.5, 0.6) is 0 Å². The minimum absolute atomic E-state index is 0.431. The van der Waals surface area contributed by atoms with E-state index in [9.17, 15) is 0 Å². The van der Waals surface area contributed by atoms with Crippen molar-refractivity contribution < 1.29 is 4.74 Å². The molecule has 0 aromatic carbocycles. The molecule has 1 saturated carbocycles. The lowest BCUT2D eigenvalue weighted by molar-refractivity contribution is 0.0972. The maximum atomic E-state index is 5.47. The largest absolute Gasteiger partial charge is 0.380 e. The molecule has 3 nitrogen and oxygen atoms in total. The molecular formula is C15H30N2O. The lowest BCUT2D eigenvalue weighted by atomic mass is 9.84. The van der Waals surface area contributed by atoms with E-state index >= 15 is 0 Å². The molecule has 3 heteroatoms. The van der Waals surface area contributed by atoms with Gasteiger partial charge in [-0.15, -0.1) is 0 Å². The van der Waals surface area contributed by atoms with Crippen molar-refractivity contribution in [2.24, 2.45) is 5.41 Å². The Labute approximate surface area is 112 Å². The fourth-order valence-electron chi connectivity index (χ4n) is 3.18. The summed E-state index contributed by atoms with van der Waals surface area (Å²) in [6, 6.07) is 0.825. The fourth-order valence-corrected chi connectivity index (χ4v) is 3.18. The number of rotatable bonds is 8. The van der Waals surface area contributed by atoms with Gasteiger partial charge in [0.25, 0.3) is 0 Å². The second-order valence-corrected chi connectivity index (χ2v) is 6.60. The molecule has 0 amide bonds. The summed E-state index contributed by atoms with van der Waals surface area (Å²) in [5.41, 5.74) is 0.431. The van der Waals surface area contributed by atoms with Crippen molar-refractivity contribution in [2.45, 2.75) is 58.1 Å². The molecule has 2 rings (SSSR count). The molecule has 106 valence electrons. The van der Waals surface area contributed by atoms with Crippen LogP contribution >= 0.6 is 0 Å². The van der Waals surface area contributed by atoms with Crippen LogP contribution in [0.3, 0.4) is 0 Å². The molecule has 18 heavy (non-hydrogen) atoms. The first kappa shape index (κ1) is 14.3. The number of nitrogens with one attached hydrogen (secondary N) is 1. The average molecular weight is 254 g/mol. The SMILES string of the molecule is CCCC(C)(CNC1CC1)CN1CCC(OC)C1. The van der Waals surface area contributed by atoms with Gasteiger partial charge in [0.15, 0.2) is 0 Å². The number of hydrogen-bond donors (Lipinski definition) is 1. The van der Waals surface area contributed by atoms with Gasteiger partial charge in [-0.25, -0.2) is 0 Å². The van der Waals surface area contributed by atoms with Gasteiger partial charge < -0.3 is 15.0 Å². The summed E-state index contributed by atoms with van der Waals surface area (Å²) in [7, 11) is 1.84. The quantitative estimate of drug-likeness (QED) is 0.719. The van der Waals surface area contributed by atoms with Crippen LogP contribution in [0, 0.1) is 5.41 Å². The molecule has 0 aromatic heterocycles. The molecule has 0 radical (unpaired) electrons. The van der Waals surface area contributed by atoms with E-state index in [1.54, 1.807) is 0 Å². The number of methoxy groups -OCH3 is 1. The third-order valence-corrected chi connectivity index (χ3v) is 4.42. The summed E-state index contributed by atoms with van der Waals surface area (Å²) in [6.07, 6.45) is 7.04. The number of likely N-dealkylation sites (tertiary alicyclic amines) is 1. The summed E-state index contributed by atoms with van der Waals surface area (Å²) < 4.78 is 5.47. The van der Waals surface area contributed by atoms with Gasteiger partial charge in [0.05, 0.1) is 6.10 Å². The molecule has 0 aromatic rings. The van der Waals surface area contributed by atoms with E-state index in [-0.39, 0.29) is 0 Å². The summed E-state index contributed by atoms with van der Waals surface area (Å²) in [5.74, 6) is 0. The molecule has 2 unspecified atom stereocenters. The van der Waals surface area contributed by atoms with E-state index in [1.165, 1.54) is 51.7 Å². The van der Waals surface area contributed by atoms with Gasteiger partial charge in [-0.3, -0.25) is 0 Å².